The monoisotopic (exact) mass is 261 g/mol. The lowest BCUT2D eigenvalue weighted by atomic mass is 10.0. The van der Waals surface area contributed by atoms with Crippen LogP contribution >= 0.6 is 0 Å². The molecule has 1 aromatic rings. The highest BCUT2D eigenvalue weighted by Gasteiger charge is 2.26. The summed E-state index contributed by atoms with van der Waals surface area (Å²) in [5.74, 6) is 0.979. The second-order valence-corrected chi connectivity index (χ2v) is 4.44. The first-order valence-electron chi connectivity index (χ1n) is 5.77. The molecule has 0 spiro atoms. The molecule has 1 aromatic carbocycles. The lowest BCUT2D eigenvalue weighted by molar-refractivity contribution is -0.125. The average Bonchev–Trinajstić information content (AvgIpc) is 2.27. The zero-order valence-corrected chi connectivity index (χ0v) is 10.8. The Morgan fingerprint density at radius 1 is 1.28 bits per heavy atom. The van der Waals surface area contributed by atoms with Gasteiger partial charge in [-0.15, -0.1) is 0 Å². The summed E-state index contributed by atoms with van der Waals surface area (Å²) in [6.45, 7) is 3.25. The topological polar surface area (TPSA) is 21.3 Å². The van der Waals surface area contributed by atoms with E-state index in [1.807, 2.05) is 12.1 Å². The van der Waals surface area contributed by atoms with Gasteiger partial charge in [0.2, 0.25) is 0 Å². The van der Waals surface area contributed by atoms with Gasteiger partial charge in [0.1, 0.15) is 5.75 Å². The number of methoxy groups -OCH3 is 1. The van der Waals surface area contributed by atoms with Crippen LogP contribution in [0.25, 0.3) is 0 Å². The zero-order valence-electron chi connectivity index (χ0n) is 10.8. The smallest absolute Gasteiger partial charge is 0.401 e. The molecule has 0 fully saturated rings. The Kier molecular flexibility index (Phi) is 5.02. The van der Waals surface area contributed by atoms with Crippen molar-refractivity contribution in [3.63, 3.8) is 0 Å². The molecule has 0 aliphatic carbocycles. The van der Waals surface area contributed by atoms with Gasteiger partial charge in [0.25, 0.3) is 0 Å². The van der Waals surface area contributed by atoms with E-state index in [4.69, 9.17) is 4.74 Å². The van der Waals surface area contributed by atoms with E-state index in [-0.39, 0.29) is 6.54 Å². The van der Waals surface area contributed by atoms with Gasteiger partial charge < -0.3 is 10.1 Å². The third-order valence-electron chi connectivity index (χ3n) is 2.62. The van der Waals surface area contributed by atoms with Crippen LogP contribution in [0.5, 0.6) is 5.75 Å². The van der Waals surface area contributed by atoms with Crippen LogP contribution in [0.2, 0.25) is 0 Å². The highest BCUT2D eigenvalue weighted by atomic mass is 19.4. The maximum absolute atomic E-state index is 12.0. The van der Waals surface area contributed by atoms with Crippen molar-refractivity contribution in [3.8, 4) is 5.75 Å². The van der Waals surface area contributed by atoms with Crippen molar-refractivity contribution in [1.29, 1.82) is 0 Å². The first-order valence-corrected chi connectivity index (χ1v) is 5.77. The number of rotatable bonds is 5. The van der Waals surface area contributed by atoms with Crippen molar-refractivity contribution >= 4 is 0 Å². The molecule has 18 heavy (non-hydrogen) atoms. The van der Waals surface area contributed by atoms with Crippen molar-refractivity contribution < 1.29 is 17.9 Å². The summed E-state index contributed by atoms with van der Waals surface area (Å²) >= 11 is 0. The molecule has 0 amide bonds. The van der Waals surface area contributed by atoms with E-state index >= 15 is 0 Å². The number of nitrogens with one attached hydrogen (secondary N) is 1. The third-order valence-corrected chi connectivity index (χ3v) is 2.62. The predicted octanol–water partition coefficient (Wildman–Crippen LogP) is 3.47. The van der Waals surface area contributed by atoms with Crippen LogP contribution in [0.15, 0.2) is 18.2 Å². The Labute approximate surface area is 105 Å². The van der Waals surface area contributed by atoms with Gasteiger partial charge in [-0.1, -0.05) is 26.0 Å². The number of ether oxygens (including phenoxy) is 1. The van der Waals surface area contributed by atoms with Gasteiger partial charge in [-0.2, -0.15) is 13.2 Å². The number of halogens is 3. The van der Waals surface area contributed by atoms with Gasteiger partial charge in [0.15, 0.2) is 0 Å². The van der Waals surface area contributed by atoms with Gasteiger partial charge in [-0.3, -0.25) is 0 Å². The molecule has 0 saturated heterocycles. The van der Waals surface area contributed by atoms with Crippen molar-refractivity contribution in [3.05, 3.63) is 29.3 Å². The lowest BCUT2D eigenvalue weighted by Gasteiger charge is -2.14. The largest absolute Gasteiger partial charge is 0.496 e. The summed E-state index contributed by atoms with van der Waals surface area (Å²) in [7, 11) is 1.52. The van der Waals surface area contributed by atoms with Gasteiger partial charge in [0, 0.05) is 12.1 Å². The SMILES string of the molecule is COc1cc(C(C)C)ccc1CNCC(F)(F)F. The maximum Gasteiger partial charge on any atom is 0.401 e. The zero-order chi connectivity index (χ0) is 13.8. The van der Waals surface area contributed by atoms with Crippen LogP contribution in [0.3, 0.4) is 0 Å². The first kappa shape index (κ1) is 14.8. The fourth-order valence-electron chi connectivity index (χ4n) is 1.61. The van der Waals surface area contributed by atoms with Gasteiger partial charge in [-0.05, 0) is 17.5 Å². The normalized spacial score (nSPS) is 11.9. The van der Waals surface area contributed by atoms with E-state index in [0.29, 0.717) is 11.7 Å². The summed E-state index contributed by atoms with van der Waals surface area (Å²) < 4.78 is 41.2. The van der Waals surface area contributed by atoms with Gasteiger partial charge in [0.05, 0.1) is 13.7 Å². The molecule has 1 N–H and O–H groups in total. The molecule has 0 aliphatic rings. The van der Waals surface area contributed by atoms with Gasteiger partial charge in [-0.25, -0.2) is 0 Å². The van der Waals surface area contributed by atoms with Crippen LogP contribution in [-0.2, 0) is 6.54 Å². The maximum atomic E-state index is 12.0. The standard InChI is InChI=1S/C13H18F3NO/c1-9(2)10-4-5-11(12(6-10)18-3)7-17-8-13(14,15)16/h4-6,9,17H,7-8H2,1-3H3. The second-order valence-electron chi connectivity index (χ2n) is 4.44. The number of benzene rings is 1. The quantitative estimate of drug-likeness (QED) is 0.876. The van der Waals surface area contributed by atoms with Crippen LogP contribution < -0.4 is 10.1 Å². The molecule has 1 rings (SSSR count). The molecule has 0 radical (unpaired) electrons. The molecule has 0 atom stereocenters. The number of hydrogen-bond donors (Lipinski definition) is 1. The van der Waals surface area contributed by atoms with Crippen LogP contribution in [-0.4, -0.2) is 19.8 Å². The minimum absolute atomic E-state index is 0.140. The summed E-state index contributed by atoms with van der Waals surface area (Å²) in [5, 5.41) is 2.36. The molecule has 0 aromatic heterocycles. The summed E-state index contributed by atoms with van der Waals surface area (Å²) in [6.07, 6.45) is -4.19. The molecular formula is C13H18F3NO. The number of hydrogen-bond acceptors (Lipinski definition) is 2. The minimum Gasteiger partial charge on any atom is -0.496 e. The van der Waals surface area contributed by atoms with Crippen LogP contribution in [0.1, 0.15) is 30.9 Å². The van der Waals surface area contributed by atoms with Crippen molar-refractivity contribution in [2.75, 3.05) is 13.7 Å². The Morgan fingerprint density at radius 3 is 2.44 bits per heavy atom. The van der Waals surface area contributed by atoms with Crippen molar-refractivity contribution in [1.82, 2.24) is 5.32 Å². The Morgan fingerprint density at radius 2 is 1.94 bits per heavy atom. The molecule has 0 heterocycles. The minimum atomic E-state index is -4.19. The fourth-order valence-corrected chi connectivity index (χ4v) is 1.61. The molecule has 5 heteroatoms. The molecule has 0 saturated carbocycles. The summed E-state index contributed by atoms with van der Waals surface area (Å²) in [6, 6.07) is 5.59. The highest BCUT2D eigenvalue weighted by Crippen LogP contribution is 2.24. The molecule has 0 aliphatic heterocycles. The second kappa shape index (κ2) is 6.09. The predicted molar refractivity (Wildman–Crippen MR) is 64.8 cm³/mol. The van der Waals surface area contributed by atoms with E-state index < -0.39 is 12.7 Å². The first-order chi connectivity index (χ1) is 8.33. The highest BCUT2D eigenvalue weighted by molar-refractivity contribution is 5.38. The molecule has 0 unspecified atom stereocenters. The van der Waals surface area contributed by atoms with E-state index in [9.17, 15) is 13.2 Å². The van der Waals surface area contributed by atoms with Crippen molar-refractivity contribution in [2.24, 2.45) is 0 Å². The molecule has 102 valence electrons. The molecular weight excluding hydrogens is 243 g/mol. The number of alkyl halides is 3. The van der Waals surface area contributed by atoms with E-state index in [2.05, 4.69) is 19.2 Å². The van der Waals surface area contributed by atoms with Crippen LogP contribution in [0.4, 0.5) is 13.2 Å². The van der Waals surface area contributed by atoms with E-state index in [1.165, 1.54) is 7.11 Å². The van der Waals surface area contributed by atoms with Crippen molar-refractivity contribution in [2.45, 2.75) is 32.5 Å². The van der Waals surface area contributed by atoms with E-state index in [0.717, 1.165) is 11.1 Å². The Balaban J connectivity index is 2.71. The van der Waals surface area contributed by atoms with E-state index in [1.54, 1.807) is 6.07 Å². The summed E-state index contributed by atoms with van der Waals surface area (Å²) in [5.41, 5.74) is 1.83. The third kappa shape index (κ3) is 4.56. The molecule has 2 nitrogen and oxygen atoms in total. The summed E-state index contributed by atoms with van der Waals surface area (Å²) in [4.78, 5) is 0. The van der Waals surface area contributed by atoms with Gasteiger partial charge >= 0.3 is 6.18 Å². The van der Waals surface area contributed by atoms with Crippen LogP contribution in [0, 0.1) is 0 Å². The fraction of sp³-hybridized carbons (Fsp3) is 0.538. The molecule has 0 bridgehead atoms. The Hall–Kier alpha value is -1.23. The average molecular weight is 261 g/mol. The Bertz CT molecular complexity index is 388. The lowest BCUT2D eigenvalue weighted by Crippen LogP contribution is -2.28.